The lowest BCUT2D eigenvalue weighted by Gasteiger charge is -2.44. The van der Waals surface area contributed by atoms with E-state index in [0.29, 0.717) is 13.1 Å². The van der Waals surface area contributed by atoms with Gasteiger partial charge < -0.3 is 10.2 Å². The summed E-state index contributed by atoms with van der Waals surface area (Å²) in [5, 5.41) is 3.32. The van der Waals surface area contributed by atoms with Gasteiger partial charge in [0.25, 0.3) is 0 Å². The van der Waals surface area contributed by atoms with Gasteiger partial charge in [-0.05, 0) is 37.7 Å². The molecule has 2 amide bonds. The number of likely N-dealkylation sites (tertiary alicyclic amines) is 1. The molecule has 1 heterocycles. The van der Waals surface area contributed by atoms with Gasteiger partial charge in [0, 0.05) is 25.9 Å². The summed E-state index contributed by atoms with van der Waals surface area (Å²) < 4.78 is 0. The van der Waals surface area contributed by atoms with Crippen LogP contribution in [0, 0.1) is 5.92 Å². The minimum Gasteiger partial charge on any atom is -0.346 e. The summed E-state index contributed by atoms with van der Waals surface area (Å²) in [6.45, 7) is 3.00. The van der Waals surface area contributed by atoms with E-state index in [4.69, 9.17) is 0 Å². The molecule has 0 bridgehead atoms. The smallest absolute Gasteiger partial charge is 0.223 e. The van der Waals surface area contributed by atoms with Crippen molar-refractivity contribution in [2.24, 2.45) is 5.92 Å². The highest BCUT2D eigenvalue weighted by atomic mass is 16.2. The second-order valence-electron chi connectivity index (χ2n) is 6.57. The van der Waals surface area contributed by atoms with Crippen LogP contribution in [0.15, 0.2) is 30.3 Å². The first kappa shape index (κ1) is 15.1. The zero-order valence-corrected chi connectivity index (χ0v) is 13.2. The fourth-order valence-electron chi connectivity index (χ4n) is 3.57. The molecule has 0 unspecified atom stereocenters. The van der Waals surface area contributed by atoms with Crippen LogP contribution in [0.1, 0.15) is 44.6 Å². The van der Waals surface area contributed by atoms with Gasteiger partial charge in [0.15, 0.2) is 0 Å². The van der Waals surface area contributed by atoms with E-state index in [2.05, 4.69) is 17.4 Å². The molecule has 0 spiro atoms. The van der Waals surface area contributed by atoms with Gasteiger partial charge in [0.2, 0.25) is 11.8 Å². The highest BCUT2D eigenvalue weighted by Crippen LogP contribution is 2.41. The van der Waals surface area contributed by atoms with Gasteiger partial charge in [-0.3, -0.25) is 9.59 Å². The lowest BCUT2D eigenvalue weighted by molar-refractivity contribution is -0.135. The standard InChI is InChI=1S/C18H24N2O2/c1-14(21)20-12-8-15(9-13-20)17(22)19-18(10-5-11-18)16-6-3-2-4-7-16/h2-4,6-7,15H,5,8-13H2,1H3,(H,19,22). The molecule has 1 N–H and O–H groups in total. The van der Waals surface area contributed by atoms with Crippen LogP contribution in [-0.2, 0) is 15.1 Å². The number of amides is 2. The number of hydrogen-bond acceptors (Lipinski definition) is 2. The monoisotopic (exact) mass is 300 g/mol. The Morgan fingerprint density at radius 3 is 2.27 bits per heavy atom. The average Bonchev–Trinajstić information content (AvgIpc) is 2.51. The normalized spacial score (nSPS) is 21.0. The van der Waals surface area contributed by atoms with Crippen molar-refractivity contribution in [3.05, 3.63) is 35.9 Å². The molecule has 2 aliphatic rings. The van der Waals surface area contributed by atoms with Crippen LogP contribution < -0.4 is 5.32 Å². The summed E-state index contributed by atoms with van der Waals surface area (Å²) in [5.74, 6) is 0.308. The van der Waals surface area contributed by atoms with E-state index in [1.807, 2.05) is 23.1 Å². The van der Waals surface area contributed by atoms with Gasteiger partial charge >= 0.3 is 0 Å². The summed E-state index contributed by atoms with van der Waals surface area (Å²) >= 11 is 0. The average molecular weight is 300 g/mol. The van der Waals surface area contributed by atoms with Crippen molar-refractivity contribution in [1.29, 1.82) is 0 Å². The zero-order chi connectivity index (χ0) is 15.6. The Morgan fingerprint density at radius 2 is 1.77 bits per heavy atom. The molecule has 1 saturated carbocycles. The number of piperidine rings is 1. The summed E-state index contributed by atoms with van der Waals surface area (Å²) in [7, 11) is 0. The van der Waals surface area contributed by atoms with Crippen molar-refractivity contribution < 1.29 is 9.59 Å². The van der Waals surface area contributed by atoms with Gasteiger partial charge in [0.05, 0.1) is 5.54 Å². The number of carbonyl (C=O) groups excluding carboxylic acids is 2. The van der Waals surface area contributed by atoms with Crippen molar-refractivity contribution in [1.82, 2.24) is 10.2 Å². The molecular formula is C18H24N2O2. The van der Waals surface area contributed by atoms with Crippen LogP contribution in [0.2, 0.25) is 0 Å². The molecule has 22 heavy (non-hydrogen) atoms. The van der Waals surface area contributed by atoms with Crippen molar-refractivity contribution in [2.45, 2.75) is 44.6 Å². The van der Waals surface area contributed by atoms with Crippen LogP contribution in [0.25, 0.3) is 0 Å². The predicted octanol–water partition coefficient (Wildman–Crippen LogP) is 2.44. The first-order valence-corrected chi connectivity index (χ1v) is 8.24. The number of nitrogens with one attached hydrogen (secondary N) is 1. The van der Waals surface area contributed by atoms with Gasteiger partial charge in [-0.25, -0.2) is 0 Å². The summed E-state index contributed by atoms with van der Waals surface area (Å²) in [4.78, 5) is 25.8. The van der Waals surface area contributed by atoms with E-state index in [9.17, 15) is 9.59 Å². The topological polar surface area (TPSA) is 49.4 Å². The lowest BCUT2D eigenvalue weighted by atomic mass is 9.71. The fourth-order valence-corrected chi connectivity index (χ4v) is 3.57. The van der Waals surface area contributed by atoms with Crippen molar-refractivity contribution >= 4 is 11.8 Å². The second-order valence-corrected chi connectivity index (χ2v) is 6.57. The Bertz CT molecular complexity index is 543. The number of benzene rings is 1. The highest BCUT2D eigenvalue weighted by molar-refractivity contribution is 5.80. The maximum atomic E-state index is 12.6. The third-order valence-corrected chi connectivity index (χ3v) is 5.21. The number of carbonyl (C=O) groups is 2. The Labute approximate surface area is 131 Å². The summed E-state index contributed by atoms with van der Waals surface area (Å²) in [5.41, 5.74) is 1.06. The molecule has 4 heteroatoms. The Hall–Kier alpha value is -1.84. The number of nitrogens with zero attached hydrogens (tertiary/aromatic N) is 1. The molecule has 4 nitrogen and oxygen atoms in total. The van der Waals surface area contributed by atoms with Crippen LogP contribution in [0.5, 0.6) is 0 Å². The molecule has 0 atom stereocenters. The van der Waals surface area contributed by atoms with Crippen molar-refractivity contribution in [2.75, 3.05) is 13.1 Å². The molecule has 1 aromatic rings. The van der Waals surface area contributed by atoms with Crippen LogP contribution in [0.3, 0.4) is 0 Å². The van der Waals surface area contributed by atoms with E-state index >= 15 is 0 Å². The van der Waals surface area contributed by atoms with E-state index in [1.54, 1.807) is 6.92 Å². The Morgan fingerprint density at radius 1 is 1.14 bits per heavy atom. The van der Waals surface area contributed by atoms with Gasteiger partial charge in [-0.15, -0.1) is 0 Å². The molecule has 2 fully saturated rings. The fraction of sp³-hybridized carbons (Fsp3) is 0.556. The molecule has 1 aromatic carbocycles. The van der Waals surface area contributed by atoms with Crippen molar-refractivity contribution in [3.8, 4) is 0 Å². The zero-order valence-electron chi connectivity index (χ0n) is 13.2. The predicted molar refractivity (Wildman–Crippen MR) is 85.1 cm³/mol. The molecule has 3 rings (SSSR count). The SMILES string of the molecule is CC(=O)N1CCC(C(=O)NC2(c3ccccc3)CCC2)CC1. The molecule has 118 valence electrons. The first-order chi connectivity index (χ1) is 10.6. The quantitative estimate of drug-likeness (QED) is 0.932. The Balaban J connectivity index is 1.63. The number of rotatable bonds is 3. The second kappa shape index (κ2) is 6.11. The maximum Gasteiger partial charge on any atom is 0.223 e. The van der Waals surface area contributed by atoms with Crippen LogP contribution >= 0.6 is 0 Å². The largest absolute Gasteiger partial charge is 0.346 e. The molecule has 0 aromatic heterocycles. The van der Waals surface area contributed by atoms with E-state index in [1.165, 1.54) is 5.56 Å². The third-order valence-electron chi connectivity index (χ3n) is 5.21. The lowest BCUT2D eigenvalue weighted by Crippen LogP contribution is -2.53. The Kier molecular flexibility index (Phi) is 4.19. The van der Waals surface area contributed by atoms with Gasteiger partial charge in [-0.1, -0.05) is 30.3 Å². The summed E-state index contributed by atoms with van der Waals surface area (Å²) in [6.07, 6.45) is 4.76. The minimum atomic E-state index is -0.157. The van der Waals surface area contributed by atoms with E-state index in [0.717, 1.165) is 32.1 Å². The van der Waals surface area contributed by atoms with Gasteiger partial charge in [0.1, 0.15) is 0 Å². The number of hydrogen-bond donors (Lipinski definition) is 1. The third kappa shape index (κ3) is 2.87. The van der Waals surface area contributed by atoms with E-state index in [-0.39, 0.29) is 23.3 Å². The summed E-state index contributed by atoms with van der Waals surface area (Å²) in [6, 6.07) is 10.3. The first-order valence-electron chi connectivity index (χ1n) is 8.24. The maximum absolute atomic E-state index is 12.6. The molecule has 1 saturated heterocycles. The van der Waals surface area contributed by atoms with Crippen molar-refractivity contribution in [3.63, 3.8) is 0 Å². The van der Waals surface area contributed by atoms with Crippen LogP contribution in [0.4, 0.5) is 0 Å². The van der Waals surface area contributed by atoms with Crippen LogP contribution in [-0.4, -0.2) is 29.8 Å². The van der Waals surface area contributed by atoms with Gasteiger partial charge in [-0.2, -0.15) is 0 Å². The highest BCUT2D eigenvalue weighted by Gasteiger charge is 2.41. The molecule has 1 aliphatic heterocycles. The molecular weight excluding hydrogens is 276 g/mol. The molecule has 0 radical (unpaired) electrons. The minimum absolute atomic E-state index is 0.0387. The molecule has 1 aliphatic carbocycles. The van der Waals surface area contributed by atoms with E-state index < -0.39 is 0 Å².